The highest BCUT2D eigenvalue weighted by molar-refractivity contribution is 5.95. The zero-order chi connectivity index (χ0) is 13.1. The number of hydrogen-bond donors (Lipinski definition) is 2. The van der Waals surface area contributed by atoms with Gasteiger partial charge in [-0.05, 0) is 29.7 Å². The molecule has 1 atom stereocenters. The number of benzene rings is 1. The van der Waals surface area contributed by atoms with Crippen molar-refractivity contribution in [1.82, 2.24) is 0 Å². The van der Waals surface area contributed by atoms with Crippen molar-refractivity contribution < 1.29 is 9.53 Å². The van der Waals surface area contributed by atoms with E-state index >= 15 is 0 Å². The van der Waals surface area contributed by atoms with Crippen molar-refractivity contribution in [2.45, 2.75) is 26.8 Å². The smallest absolute Gasteiger partial charge is 0.241 e. The highest BCUT2D eigenvalue weighted by Gasteiger charge is 2.27. The van der Waals surface area contributed by atoms with Gasteiger partial charge in [0.25, 0.3) is 0 Å². The summed E-state index contributed by atoms with van der Waals surface area (Å²) in [6.07, 6.45) is 0. The van der Waals surface area contributed by atoms with Crippen LogP contribution in [-0.2, 0) is 4.79 Å². The maximum absolute atomic E-state index is 11.8. The third kappa shape index (κ3) is 3.75. The number of nitrogens with one attached hydrogen (secondary N) is 1. The van der Waals surface area contributed by atoms with Gasteiger partial charge in [0.1, 0.15) is 5.75 Å². The predicted octanol–water partition coefficient (Wildman–Crippen LogP) is 2.01. The Labute approximate surface area is 102 Å². The fourth-order valence-electron chi connectivity index (χ4n) is 1.29. The summed E-state index contributed by atoms with van der Waals surface area (Å²) in [6.45, 7) is 5.81. The Bertz CT molecular complexity index is 379. The fourth-order valence-corrected chi connectivity index (χ4v) is 1.29. The molecule has 0 saturated heterocycles. The van der Waals surface area contributed by atoms with Gasteiger partial charge < -0.3 is 15.8 Å². The molecular weight excluding hydrogens is 216 g/mol. The third-order valence-corrected chi connectivity index (χ3v) is 2.57. The Morgan fingerprint density at radius 1 is 1.29 bits per heavy atom. The molecule has 0 fully saturated rings. The number of anilines is 1. The maximum Gasteiger partial charge on any atom is 0.241 e. The van der Waals surface area contributed by atoms with Gasteiger partial charge in [0.05, 0.1) is 13.2 Å². The standard InChI is InChI=1S/C13H20N2O2/c1-13(2,3)11(14)12(16)15-9-5-7-10(17-4)8-6-9/h5-8,11H,14H2,1-4H3,(H,15,16)/t11-/m1/s1. The van der Waals surface area contributed by atoms with Crippen LogP contribution in [-0.4, -0.2) is 19.1 Å². The van der Waals surface area contributed by atoms with Gasteiger partial charge in [-0.3, -0.25) is 4.79 Å². The minimum absolute atomic E-state index is 0.178. The first-order valence-electron chi connectivity index (χ1n) is 5.55. The van der Waals surface area contributed by atoms with Crippen molar-refractivity contribution in [3.63, 3.8) is 0 Å². The number of carbonyl (C=O) groups is 1. The van der Waals surface area contributed by atoms with Gasteiger partial charge in [0, 0.05) is 5.69 Å². The summed E-state index contributed by atoms with van der Waals surface area (Å²) in [6, 6.07) is 6.61. The second kappa shape index (κ2) is 5.19. The molecule has 0 spiro atoms. The molecule has 1 amide bonds. The van der Waals surface area contributed by atoms with E-state index in [9.17, 15) is 4.79 Å². The Balaban J connectivity index is 2.68. The first kappa shape index (κ1) is 13.5. The van der Waals surface area contributed by atoms with Crippen LogP contribution in [0.25, 0.3) is 0 Å². The van der Waals surface area contributed by atoms with E-state index in [1.165, 1.54) is 0 Å². The molecule has 0 aliphatic heterocycles. The highest BCUT2D eigenvalue weighted by atomic mass is 16.5. The van der Waals surface area contributed by atoms with Crippen molar-refractivity contribution in [2.75, 3.05) is 12.4 Å². The summed E-state index contributed by atoms with van der Waals surface area (Å²) in [4.78, 5) is 11.8. The lowest BCUT2D eigenvalue weighted by Gasteiger charge is -2.25. The minimum atomic E-state index is -0.537. The lowest BCUT2D eigenvalue weighted by Crippen LogP contribution is -2.45. The van der Waals surface area contributed by atoms with E-state index in [0.29, 0.717) is 0 Å². The molecule has 0 saturated carbocycles. The number of nitrogens with two attached hydrogens (primary N) is 1. The van der Waals surface area contributed by atoms with Gasteiger partial charge in [-0.25, -0.2) is 0 Å². The first-order valence-corrected chi connectivity index (χ1v) is 5.55. The fraction of sp³-hybridized carbons (Fsp3) is 0.462. The largest absolute Gasteiger partial charge is 0.497 e. The Morgan fingerprint density at radius 3 is 2.24 bits per heavy atom. The van der Waals surface area contributed by atoms with Crippen LogP contribution in [0.1, 0.15) is 20.8 Å². The molecule has 3 N–H and O–H groups in total. The Hall–Kier alpha value is -1.55. The summed E-state index contributed by atoms with van der Waals surface area (Å²) < 4.78 is 5.04. The molecule has 0 heterocycles. The zero-order valence-electron chi connectivity index (χ0n) is 10.8. The molecule has 0 aliphatic carbocycles. The average molecular weight is 236 g/mol. The SMILES string of the molecule is COc1ccc(NC(=O)[C@@H](N)C(C)(C)C)cc1. The molecule has 0 unspecified atom stereocenters. The van der Waals surface area contributed by atoms with Gasteiger partial charge in [0.15, 0.2) is 0 Å². The number of ether oxygens (including phenoxy) is 1. The molecule has 17 heavy (non-hydrogen) atoms. The van der Waals surface area contributed by atoms with E-state index in [1.807, 2.05) is 20.8 Å². The quantitative estimate of drug-likeness (QED) is 0.843. The number of rotatable bonds is 3. The molecule has 0 bridgehead atoms. The Kier molecular flexibility index (Phi) is 4.12. The lowest BCUT2D eigenvalue weighted by molar-refractivity contribution is -0.119. The summed E-state index contributed by atoms with van der Waals surface area (Å²) in [5, 5.41) is 2.78. The third-order valence-electron chi connectivity index (χ3n) is 2.57. The molecule has 4 nitrogen and oxygen atoms in total. The number of amides is 1. The van der Waals surface area contributed by atoms with Gasteiger partial charge in [-0.1, -0.05) is 20.8 Å². The van der Waals surface area contributed by atoms with E-state index in [2.05, 4.69) is 5.32 Å². The number of hydrogen-bond acceptors (Lipinski definition) is 3. The highest BCUT2D eigenvalue weighted by Crippen LogP contribution is 2.20. The summed E-state index contributed by atoms with van der Waals surface area (Å²) in [7, 11) is 1.60. The van der Waals surface area contributed by atoms with E-state index in [4.69, 9.17) is 10.5 Å². The van der Waals surface area contributed by atoms with Crippen molar-refractivity contribution in [3.05, 3.63) is 24.3 Å². The van der Waals surface area contributed by atoms with Crippen molar-refractivity contribution in [2.24, 2.45) is 11.1 Å². The van der Waals surface area contributed by atoms with Crippen LogP contribution < -0.4 is 15.8 Å². The topological polar surface area (TPSA) is 64.3 Å². The van der Waals surface area contributed by atoms with E-state index in [0.717, 1.165) is 11.4 Å². The van der Waals surface area contributed by atoms with Crippen LogP contribution in [0.5, 0.6) is 5.75 Å². The maximum atomic E-state index is 11.8. The normalized spacial score (nSPS) is 13.0. The second-order valence-corrected chi connectivity index (χ2v) is 5.06. The van der Waals surface area contributed by atoms with Crippen molar-refractivity contribution >= 4 is 11.6 Å². The molecule has 1 rings (SSSR count). The van der Waals surface area contributed by atoms with Crippen LogP contribution >= 0.6 is 0 Å². The van der Waals surface area contributed by atoms with Crippen LogP contribution in [0, 0.1) is 5.41 Å². The molecule has 0 radical (unpaired) electrons. The van der Waals surface area contributed by atoms with Crippen LogP contribution in [0.2, 0.25) is 0 Å². The summed E-state index contributed by atoms with van der Waals surface area (Å²) in [5.41, 5.74) is 6.33. The minimum Gasteiger partial charge on any atom is -0.497 e. The van der Waals surface area contributed by atoms with E-state index in [-0.39, 0.29) is 11.3 Å². The van der Waals surface area contributed by atoms with Crippen molar-refractivity contribution in [3.8, 4) is 5.75 Å². The van der Waals surface area contributed by atoms with Crippen LogP contribution in [0.3, 0.4) is 0 Å². The van der Waals surface area contributed by atoms with Gasteiger partial charge >= 0.3 is 0 Å². The first-order chi connectivity index (χ1) is 7.84. The number of methoxy groups -OCH3 is 1. The van der Waals surface area contributed by atoms with E-state index < -0.39 is 6.04 Å². The monoisotopic (exact) mass is 236 g/mol. The summed E-state index contributed by atoms with van der Waals surface area (Å²) in [5.74, 6) is 0.575. The summed E-state index contributed by atoms with van der Waals surface area (Å²) >= 11 is 0. The molecule has 0 aliphatic rings. The molecule has 1 aromatic rings. The molecule has 4 heteroatoms. The van der Waals surface area contributed by atoms with Crippen molar-refractivity contribution in [1.29, 1.82) is 0 Å². The van der Waals surface area contributed by atoms with Gasteiger partial charge in [-0.2, -0.15) is 0 Å². The zero-order valence-corrected chi connectivity index (χ0v) is 10.8. The predicted molar refractivity (Wildman–Crippen MR) is 69.1 cm³/mol. The van der Waals surface area contributed by atoms with Gasteiger partial charge in [-0.15, -0.1) is 0 Å². The molecule has 1 aromatic carbocycles. The van der Waals surface area contributed by atoms with Crippen LogP contribution in [0.15, 0.2) is 24.3 Å². The number of carbonyl (C=O) groups excluding carboxylic acids is 1. The van der Waals surface area contributed by atoms with E-state index in [1.54, 1.807) is 31.4 Å². The lowest BCUT2D eigenvalue weighted by atomic mass is 9.87. The van der Waals surface area contributed by atoms with Gasteiger partial charge in [0.2, 0.25) is 5.91 Å². The molecule has 94 valence electrons. The Morgan fingerprint density at radius 2 is 1.82 bits per heavy atom. The average Bonchev–Trinajstić information content (AvgIpc) is 2.27. The molecule has 0 aromatic heterocycles. The second-order valence-electron chi connectivity index (χ2n) is 5.06. The van der Waals surface area contributed by atoms with Crippen LogP contribution in [0.4, 0.5) is 5.69 Å². The molecular formula is C13H20N2O2.